The predicted octanol–water partition coefficient (Wildman–Crippen LogP) is 2.30. The molecule has 0 amide bonds. The fourth-order valence-electron chi connectivity index (χ4n) is 4.21. The fourth-order valence-corrected chi connectivity index (χ4v) is 4.21. The molecule has 2 nitrogen and oxygen atoms in total. The molecule has 86 valence electrons. The van der Waals surface area contributed by atoms with E-state index in [0.29, 0.717) is 18.4 Å². The van der Waals surface area contributed by atoms with Gasteiger partial charge in [0.2, 0.25) is 0 Å². The molecule has 0 aromatic heterocycles. The van der Waals surface area contributed by atoms with E-state index in [1.807, 2.05) is 18.2 Å². The van der Waals surface area contributed by atoms with E-state index >= 15 is 0 Å². The Morgan fingerprint density at radius 1 is 1.24 bits per heavy atom. The van der Waals surface area contributed by atoms with Crippen molar-refractivity contribution in [2.24, 2.45) is 17.3 Å². The number of cyclic esters (lactones) is 1. The van der Waals surface area contributed by atoms with E-state index in [1.165, 1.54) is 0 Å². The number of ether oxygens (including phenoxy) is 1. The summed E-state index contributed by atoms with van der Waals surface area (Å²) in [5.41, 5.74) is 0.775. The van der Waals surface area contributed by atoms with Crippen molar-refractivity contribution in [3.63, 3.8) is 0 Å². The van der Waals surface area contributed by atoms with Crippen LogP contribution in [0.4, 0.5) is 0 Å². The Labute approximate surface area is 100 Å². The van der Waals surface area contributed by atoms with E-state index in [4.69, 9.17) is 4.74 Å². The van der Waals surface area contributed by atoms with Crippen LogP contribution in [0.15, 0.2) is 42.5 Å². The molecule has 1 saturated carbocycles. The zero-order valence-electron chi connectivity index (χ0n) is 9.72. The molecule has 17 heavy (non-hydrogen) atoms. The largest absolute Gasteiger partial charge is 0.464 e. The standard InChI is InChI=1S/C15H14O2/c1-10-7-8-12-14(10)9-17-13(16)15(12,14)11-5-3-2-4-6-11/h2-8,10,12H,9H2,1H3/t10-,12?,14?,15+/m0/s1. The van der Waals surface area contributed by atoms with Gasteiger partial charge in [0, 0.05) is 11.3 Å². The Morgan fingerprint density at radius 3 is 2.71 bits per heavy atom. The maximum Gasteiger partial charge on any atom is 0.317 e. The van der Waals surface area contributed by atoms with Crippen molar-refractivity contribution in [3.05, 3.63) is 48.0 Å². The lowest BCUT2D eigenvalue weighted by atomic mass is 9.80. The SMILES string of the molecule is C[C@H]1C=CC2C13COC(=O)[C@@]23c1ccccc1. The second-order valence-electron chi connectivity index (χ2n) is 5.44. The summed E-state index contributed by atoms with van der Waals surface area (Å²) in [7, 11) is 0. The molecule has 4 atom stereocenters. The van der Waals surface area contributed by atoms with Gasteiger partial charge in [-0.3, -0.25) is 4.79 Å². The summed E-state index contributed by atoms with van der Waals surface area (Å²) in [6.07, 6.45) is 4.45. The van der Waals surface area contributed by atoms with Gasteiger partial charge in [0.1, 0.15) is 5.41 Å². The summed E-state index contributed by atoms with van der Waals surface area (Å²) in [5, 5.41) is 0. The molecule has 1 aromatic rings. The van der Waals surface area contributed by atoms with E-state index in [2.05, 4.69) is 31.2 Å². The van der Waals surface area contributed by atoms with Gasteiger partial charge in [-0.1, -0.05) is 49.4 Å². The molecule has 2 heteroatoms. The van der Waals surface area contributed by atoms with Crippen LogP contribution < -0.4 is 0 Å². The summed E-state index contributed by atoms with van der Waals surface area (Å²) in [6, 6.07) is 10.1. The van der Waals surface area contributed by atoms with Crippen molar-refractivity contribution in [1.82, 2.24) is 0 Å². The number of rotatable bonds is 1. The minimum absolute atomic E-state index is 0.0193. The Morgan fingerprint density at radius 2 is 2.00 bits per heavy atom. The van der Waals surface area contributed by atoms with Crippen LogP contribution in [0.25, 0.3) is 0 Å². The molecule has 2 fully saturated rings. The highest BCUT2D eigenvalue weighted by Gasteiger charge is 2.87. The number of hydrogen-bond acceptors (Lipinski definition) is 2. The first-order chi connectivity index (χ1) is 8.24. The second-order valence-corrected chi connectivity index (χ2v) is 5.44. The minimum atomic E-state index is -0.373. The molecule has 1 aliphatic heterocycles. The van der Waals surface area contributed by atoms with Crippen LogP contribution in [0.5, 0.6) is 0 Å². The van der Waals surface area contributed by atoms with Gasteiger partial charge in [0.25, 0.3) is 0 Å². The van der Waals surface area contributed by atoms with Crippen molar-refractivity contribution in [1.29, 1.82) is 0 Å². The highest BCUT2D eigenvalue weighted by Crippen LogP contribution is 2.79. The topological polar surface area (TPSA) is 26.3 Å². The number of esters is 1. The summed E-state index contributed by atoms with van der Waals surface area (Å²) in [5.74, 6) is 0.762. The first-order valence-electron chi connectivity index (χ1n) is 6.15. The highest BCUT2D eigenvalue weighted by atomic mass is 16.5. The van der Waals surface area contributed by atoms with Gasteiger partial charge >= 0.3 is 5.97 Å². The van der Waals surface area contributed by atoms with Crippen LogP contribution in [-0.2, 0) is 14.9 Å². The lowest BCUT2D eigenvalue weighted by molar-refractivity contribution is -0.142. The van der Waals surface area contributed by atoms with E-state index in [1.54, 1.807) is 0 Å². The first-order valence-corrected chi connectivity index (χ1v) is 6.15. The Hall–Kier alpha value is -1.57. The minimum Gasteiger partial charge on any atom is -0.464 e. The third-order valence-corrected chi connectivity index (χ3v) is 5.07. The molecular weight excluding hydrogens is 212 g/mol. The van der Waals surface area contributed by atoms with Crippen molar-refractivity contribution >= 4 is 5.97 Å². The van der Waals surface area contributed by atoms with E-state index in [-0.39, 0.29) is 16.8 Å². The molecule has 1 heterocycles. The first kappa shape index (κ1) is 9.46. The number of carbonyl (C=O) groups excluding carboxylic acids is 1. The van der Waals surface area contributed by atoms with Gasteiger partial charge in [-0.05, 0) is 11.5 Å². The van der Waals surface area contributed by atoms with Crippen LogP contribution in [0.3, 0.4) is 0 Å². The van der Waals surface area contributed by atoms with Crippen molar-refractivity contribution in [3.8, 4) is 0 Å². The number of allylic oxidation sites excluding steroid dienone is 2. The highest BCUT2D eigenvalue weighted by molar-refractivity contribution is 5.94. The summed E-state index contributed by atoms with van der Waals surface area (Å²) < 4.78 is 5.37. The van der Waals surface area contributed by atoms with E-state index in [9.17, 15) is 4.79 Å². The zero-order valence-corrected chi connectivity index (χ0v) is 9.72. The lowest BCUT2D eigenvalue weighted by Gasteiger charge is -2.18. The molecule has 0 N–H and O–H groups in total. The van der Waals surface area contributed by atoms with E-state index in [0.717, 1.165) is 5.56 Å². The average molecular weight is 226 g/mol. The van der Waals surface area contributed by atoms with Gasteiger partial charge in [0.05, 0.1) is 6.61 Å². The molecule has 1 spiro atoms. The number of carbonyl (C=O) groups is 1. The van der Waals surface area contributed by atoms with Gasteiger partial charge < -0.3 is 4.74 Å². The maximum atomic E-state index is 12.2. The van der Waals surface area contributed by atoms with Gasteiger partial charge in [-0.25, -0.2) is 0 Å². The van der Waals surface area contributed by atoms with Crippen LogP contribution in [0.2, 0.25) is 0 Å². The number of fused-ring (bicyclic) bond motifs is 1. The lowest BCUT2D eigenvalue weighted by Crippen LogP contribution is -2.25. The quantitative estimate of drug-likeness (QED) is 0.542. The number of benzene rings is 1. The van der Waals surface area contributed by atoms with Gasteiger partial charge in [-0.2, -0.15) is 0 Å². The summed E-state index contributed by atoms with van der Waals surface area (Å²) in [6.45, 7) is 2.78. The molecule has 2 aliphatic carbocycles. The van der Waals surface area contributed by atoms with Crippen LogP contribution in [0.1, 0.15) is 12.5 Å². The summed E-state index contributed by atoms with van der Waals surface area (Å²) >= 11 is 0. The van der Waals surface area contributed by atoms with Crippen molar-refractivity contribution in [2.45, 2.75) is 12.3 Å². The zero-order chi connectivity index (χ0) is 11.7. The molecule has 4 rings (SSSR count). The smallest absolute Gasteiger partial charge is 0.317 e. The van der Waals surface area contributed by atoms with Crippen molar-refractivity contribution < 1.29 is 9.53 Å². The number of hydrogen-bond donors (Lipinski definition) is 0. The van der Waals surface area contributed by atoms with Crippen LogP contribution >= 0.6 is 0 Å². The fraction of sp³-hybridized carbons (Fsp3) is 0.400. The monoisotopic (exact) mass is 226 g/mol. The molecule has 1 saturated heterocycles. The maximum absolute atomic E-state index is 12.2. The van der Waals surface area contributed by atoms with Crippen LogP contribution in [-0.4, -0.2) is 12.6 Å². The molecule has 3 aliphatic rings. The van der Waals surface area contributed by atoms with Gasteiger partial charge in [0.15, 0.2) is 0 Å². The molecule has 2 unspecified atom stereocenters. The average Bonchev–Trinajstić information content (AvgIpc) is 2.63. The molecule has 0 radical (unpaired) electrons. The molecule has 1 aromatic carbocycles. The Balaban J connectivity index is 1.94. The van der Waals surface area contributed by atoms with Gasteiger partial charge in [-0.15, -0.1) is 0 Å². The van der Waals surface area contributed by atoms with Crippen molar-refractivity contribution in [2.75, 3.05) is 6.61 Å². The molecular formula is C15H14O2. The summed E-state index contributed by atoms with van der Waals surface area (Å²) in [4.78, 5) is 12.2. The van der Waals surface area contributed by atoms with Crippen LogP contribution in [0, 0.1) is 17.3 Å². The predicted molar refractivity (Wildman–Crippen MR) is 63.3 cm³/mol. The Bertz CT molecular complexity index is 533. The Kier molecular flexibility index (Phi) is 1.47. The normalized spacial score (nSPS) is 45.4. The second kappa shape index (κ2) is 2.63. The third-order valence-electron chi connectivity index (χ3n) is 5.07. The van der Waals surface area contributed by atoms with E-state index < -0.39 is 0 Å². The third kappa shape index (κ3) is 0.753. The molecule has 0 bridgehead atoms.